The molecule has 0 bridgehead atoms. The Kier molecular flexibility index (Phi) is 8.92. The van der Waals surface area contributed by atoms with Gasteiger partial charge in [-0.05, 0) is 116 Å². The second kappa shape index (κ2) is 12.7. The van der Waals surface area contributed by atoms with Crippen molar-refractivity contribution < 1.29 is 19.0 Å². The Morgan fingerprint density at radius 1 is 1.03 bits per heavy atom. The molecule has 208 valence electrons. The summed E-state index contributed by atoms with van der Waals surface area (Å²) in [5, 5.41) is 16.9. The molecule has 1 fully saturated rings. The van der Waals surface area contributed by atoms with Crippen LogP contribution in [0.15, 0.2) is 54.6 Å². The predicted molar refractivity (Wildman–Crippen MR) is 155 cm³/mol. The first-order valence-corrected chi connectivity index (χ1v) is 14.4. The van der Waals surface area contributed by atoms with Gasteiger partial charge in [0.2, 0.25) is 0 Å². The molecule has 0 amide bonds. The molecule has 5 nitrogen and oxygen atoms in total. The summed E-state index contributed by atoms with van der Waals surface area (Å²) in [6.45, 7) is 4.35. The van der Waals surface area contributed by atoms with Gasteiger partial charge in [0.05, 0.1) is 7.11 Å². The number of aryl methyl sites for hydroxylation is 1. The maximum Gasteiger partial charge on any atom is 0.165 e. The number of halogens is 1. The number of methoxy groups -OCH3 is 1. The predicted octanol–water partition coefficient (Wildman–Crippen LogP) is 6.62. The van der Waals surface area contributed by atoms with Crippen molar-refractivity contribution in [1.82, 2.24) is 5.32 Å². The average molecular weight is 533 g/mol. The van der Waals surface area contributed by atoms with Crippen molar-refractivity contribution in [2.75, 3.05) is 32.1 Å². The molecule has 2 aliphatic carbocycles. The van der Waals surface area contributed by atoms with Crippen LogP contribution in [0, 0.1) is 11.7 Å². The van der Waals surface area contributed by atoms with Crippen molar-refractivity contribution in [2.24, 2.45) is 5.92 Å². The molecule has 3 aromatic carbocycles. The molecule has 0 spiro atoms. The van der Waals surface area contributed by atoms with E-state index in [9.17, 15) is 9.50 Å². The summed E-state index contributed by atoms with van der Waals surface area (Å²) in [6, 6.07) is 17.3. The lowest BCUT2D eigenvalue weighted by Crippen LogP contribution is -2.30. The van der Waals surface area contributed by atoms with Gasteiger partial charge in [0, 0.05) is 24.3 Å². The van der Waals surface area contributed by atoms with Crippen molar-refractivity contribution in [3.05, 3.63) is 82.7 Å². The minimum atomic E-state index is -0.312. The first-order chi connectivity index (χ1) is 19.0. The van der Waals surface area contributed by atoms with Gasteiger partial charge in [-0.1, -0.05) is 24.6 Å². The summed E-state index contributed by atoms with van der Waals surface area (Å²) in [6.07, 6.45) is 7.57. The number of hydrogen-bond donors (Lipinski definition) is 3. The smallest absolute Gasteiger partial charge is 0.165 e. The van der Waals surface area contributed by atoms with Crippen LogP contribution in [-0.4, -0.2) is 38.0 Å². The standard InChI is InChI=1S/C33H41FN2O3/c1-22(16-24-6-13-33(31(34)17-24)39-15-14-35-21-23-4-3-5-23)36-32-20-29(38-2)11-12-30(32)27-8-7-26-19-28(37)10-9-25(26)18-27/h6,9-13,17,19-20,22-23,27,35-37H,3-5,7-8,14-16,18,21H2,1-2H3. The molecule has 6 heteroatoms. The van der Waals surface area contributed by atoms with E-state index in [4.69, 9.17) is 9.47 Å². The normalized spacial score (nSPS) is 17.7. The number of hydrogen-bond acceptors (Lipinski definition) is 5. The third-order valence-corrected chi connectivity index (χ3v) is 8.25. The third kappa shape index (κ3) is 7.04. The molecular weight excluding hydrogens is 491 g/mol. The van der Waals surface area contributed by atoms with Crippen molar-refractivity contribution in [1.29, 1.82) is 0 Å². The zero-order chi connectivity index (χ0) is 27.2. The van der Waals surface area contributed by atoms with E-state index in [-0.39, 0.29) is 11.9 Å². The van der Waals surface area contributed by atoms with Gasteiger partial charge in [-0.15, -0.1) is 0 Å². The molecule has 2 aliphatic rings. The largest absolute Gasteiger partial charge is 0.508 e. The molecule has 2 unspecified atom stereocenters. The lowest BCUT2D eigenvalue weighted by Gasteiger charge is -2.28. The van der Waals surface area contributed by atoms with Gasteiger partial charge in [0.15, 0.2) is 11.6 Å². The second-order valence-electron chi connectivity index (χ2n) is 11.2. The van der Waals surface area contributed by atoms with Crippen molar-refractivity contribution in [3.8, 4) is 17.2 Å². The van der Waals surface area contributed by atoms with Gasteiger partial charge in [0.1, 0.15) is 18.1 Å². The summed E-state index contributed by atoms with van der Waals surface area (Å²) < 4.78 is 26.0. The van der Waals surface area contributed by atoms with E-state index in [0.717, 1.165) is 55.3 Å². The first-order valence-electron chi connectivity index (χ1n) is 14.4. The maximum absolute atomic E-state index is 14.8. The summed E-state index contributed by atoms with van der Waals surface area (Å²) in [5.74, 6) is 2.32. The average Bonchev–Trinajstić information content (AvgIpc) is 2.90. The van der Waals surface area contributed by atoms with E-state index >= 15 is 0 Å². The molecule has 0 heterocycles. The molecule has 0 aromatic heterocycles. The Labute approximate surface area is 231 Å². The van der Waals surface area contributed by atoms with E-state index in [1.165, 1.54) is 36.0 Å². The molecule has 3 aromatic rings. The number of rotatable bonds is 12. The molecule has 0 aliphatic heterocycles. The van der Waals surface area contributed by atoms with Crippen LogP contribution in [-0.2, 0) is 19.3 Å². The Balaban J connectivity index is 1.19. The van der Waals surface area contributed by atoms with E-state index in [2.05, 4.69) is 29.7 Å². The van der Waals surface area contributed by atoms with Gasteiger partial charge in [-0.2, -0.15) is 0 Å². The van der Waals surface area contributed by atoms with E-state index in [0.29, 0.717) is 30.4 Å². The lowest BCUT2D eigenvalue weighted by atomic mass is 9.79. The lowest BCUT2D eigenvalue weighted by molar-refractivity contribution is 0.270. The van der Waals surface area contributed by atoms with E-state index < -0.39 is 0 Å². The highest BCUT2D eigenvalue weighted by Crippen LogP contribution is 2.39. The van der Waals surface area contributed by atoms with Gasteiger partial charge >= 0.3 is 0 Å². The summed E-state index contributed by atoms with van der Waals surface area (Å²) in [4.78, 5) is 0. The fourth-order valence-electron chi connectivity index (χ4n) is 5.84. The number of fused-ring (bicyclic) bond motifs is 1. The van der Waals surface area contributed by atoms with Crippen LogP contribution in [0.1, 0.15) is 60.8 Å². The zero-order valence-electron chi connectivity index (χ0n) is 23.1. The number of nitrogens with one attached hydrogen (secondary N) is 2. The van der Waals surface area contributed by atoms with Crippen LogP contribution in [0.4, 0.5) is 10.1 Å². The van der Waals surface area contributed by atoms with Crippen LogP contribution in [0.2, 0.25) is 0 Å². The molecule has 5 rings (SSSR count). The third-order valence-electron chi connectivity index (χ3n) is 8.25. The van der Waals surface area contributed by atoms with Crippen LogP contribution < -0.4 is 20.1 Å². The molecule has 39 heavy (non-hydrogen) atoms. The second-order valence-corrected chi connectivity index (χ2v) is 11.2. The minimum absolute atomic E-state index is 0.0885. The SMILES string of the molecule is COc1ccc(C2CCc3cc(O)ccc3C2)c(NC(C)Cc2ccc(OCCNCC3CCC3)c(F)c2)c1. The number of ether oxygens (including phenoxy) is 2. The van der Waals surface area contributed by atoms with Crippen LogP contribution >= 0.6 is 0 Å². The quantitative estimate of drug-likeness (QED) is 0.229. The Morgan fingerprint density at radius 2 is 1.90 bits per heavy atom. The number of phenolic OH excluding ortho intramolecular Hbond substituents is 1. The Bertz CT molecular complexity index is 1260. The Hall–Kier alpha value is -3.25. The number of aromatic hydroxyl groups is 1. The molecule has 1 saturated carbocycles. The topological polar surface area (TPSA) is 62.8 Å². The highest BCUT2D eigenvalue weighted by atomic mass is 19.1. The fraction of sp³-hybridized carbons (Fsp3) is 0.455. The van der Waals surface area contributed by atoms with Gasteiger partial charge < -0.3 is 25.2 Å². The molecule has 0 radical (unpaired) electrons. The van der Waals surface area contributed by atoms with E-state index in [1.807, 2.05) is 24.3 Å². The van der Waals surface area contributed by atoms with Crippen molar-refractivity contribution in [3.63, 3.8) is 0 Å². The number of benzene rings is 3. The Morgan fingerprint density at radius 3 is 2.67 bits per heavy atom. The van der Waals surface area contributed by atoms with Gasteiger partial charge in [-0.25, -0.2) is 4.39 Å². The molecular formula is C33H41FN2O3. The van der Waals surface area contributed by atoms with Crippen LogP contribution in [0.5, 0.6) is 17.2 Å². The highest BCUT2D eigenvalue weighted by Gasteiger charge is 2.24. The van der Waals surface area contributed by atoms with Crippen molar-refractivity contribution in [2.45, 2.75) is 63.8 Å². The fourth-order valence-corrected chi connectivity index (χ4v) is 5.84. The summed E-state index contributed by atoms with van der Waals surface area (Å²) in [5.41, 5.74) is 5.79. The van der Waals surface area contributed by atoms with Gasteiger partial charge in [-0.3, -0.25) is 0 Å². The number of phenols is 1. The zero-order valence-corrected chi connectivity index (χ0v) is 23.1. The molecule has 2 atom stereocenters. The maximum atomic E-state index is 14.8. The molecule has 3 N–H and O–H groups in total. The minimum Gasteiger partial charge on any atom is -0.508 e. The van der Waals surface area contributed by atoms with Gasteiger partial charge in [0.25, 0.3) is 0 Å². The van der Waals surface area contributed by atoms with E-state index in [1.54, 1.807) is 25.3 Å². The van der Waals surface area contributed by atoms with Crippen LogP contribution in [0.25, 0.3) is 0 Å². The van der Waals surface area contributed by atoms with Crippen molar-refractivity contribution >= 4 is 5.69 Å². The first kappa shape index (κ1) is 27.3. The van der Waals surface area contributed by atoms with Crippen LogP contribution in [0.3, 0.4) is 0 Å². The monoisotopic (exact) mass is 532 g/mol. The number of anilines is 1. The highest BCUT2D eigenvalue weighted by molar-refractivity contribution is 5.58. The molecule has 0 saturated heterocycles. The summed E-state index contributed by atoms with van der Waals surface area (Å²) >= 11 is 0. The summed E-state index contributed by atoms with van der Waals surface area (Å²) in [7, 11) is 1.68.